The van der Waals surface area contributed by atoms with Gasteiger partial charge in [-0.05, 0) is 27.7 Å². The van der Waals surface area contributed by atoms with Crippen LogP contribution in [0.1, 0.15) is 20.8 Å². The van der Waals surface area contributed by atoms with Gasteiger partial charge in [0, 0.05) is 0 Å². The molecule has 2 heteroatoms. The number of esters is 1. The van der Waals surface area contributed by atoms with Crippen LogP contribution in [0.2, 0.25) is 0 Å². The molecule has 0 aliphatic heterocycles. The minimum atomic E-state index is -0.601. The molecule has 0 heterocycles. The Balaban J connectivity index is 3.74. The summed E-state index contributed by atoms with van der Waals surface area (Å²) in [5.41, 5.74) is -0.601. The average Bonchev–Trinajstić information content (AvgIpc) is 1.64. The first-order chi connectivity index (χ1) is 3.98. The Labute approximate surface area is 56.2 Å². The molecule has 0 unspecified atom stereocenters. The summed E-state index contributed by atoms with van der Waals surface area (Å²) in [6, 6.07) is 0. The van der Waals surface area contributed by atoms with E-state index in [9.17, 15) is 4.79 Å². The number of hydrogen-bond acceptors (Lipinski definition) is 2. The minimum absolute atomic E-state index is 0.245. The minimum Gasteiger partial charge on any atom is -0.466 e. The SMILES string of the molecule is [CH2]C(C)(C)C(=O)OCC. The van der Waals surface area contributed by atoms with Gasteiger partial charge in [-0.1, -0.05) is 0 Å². The molecule has 0 spiro atoms. The van der Waals surface area contributed by atoms with Crippen LogP contribution in [0.3, 0.4) is 0 Å². The fraction of sp³-hybridized carbons (Fsp3) is 0.714. The van der Waals surface area contributed by atoms with E-state index >= 15 is 0 Å². The maximum absolute atomic E-state index is 10.8. The van der Waals surface area contributed by atoms with Gasteiger partial charge in [0.2, 0.25) is 0 Å². The summed E-state index contributed by atoms with van der Waals surface area (Å²) in [6.07, 6.45) is 0. The predicted octanol–water partition coefficient (Wildman–Crippen LogP) is 1.41. The van der Waals surface area contributed by atoms with Crippen LogP contribution in [-0.4, -0.2) is 12.6 Å². The second-order valence-corrected chi connectivity index (χ2v) is 2.60. The normalized spacial score (nSPS) is 11.1. The Kier molecular flexibility index (Phi) is 2.68. The van der Waals surface area contributed by atoms with Gasteiger partial charge in [-0.25, -0.2) is 0 Å². The van der Waals surface area contributed by atoms with Crippen molar-refractivity contribution in [1.29, 1.82) is 0 Å². The first-order valence-electron chi connectivity index (χ1n) is 3.01. The molecule has 0 rings (SSSR count). The van der Waals surface area contributed by atoms with E-state index in [1.807, 2.05) is 0 Å². The Morgan fingerprint density at radius 3 is 2.22 bits per heavy atom. The van der Waals surface area contributed by atoms with E-state index in [0.29, 0.717) is 6.61 Å². The van der Waals surface area contributed by atoms with Gasteiger partial charge in [0.15, 0.2) is 0 Å². The lowest BCUT2D eigenvalue weighted by Gasteiger charge is -2.14. The molecule has 1 radical (unpaired) electrons. The van der Waals surface area contributed by atoms with Crippen LogP contribution in [0, 0.1) is 12.3 Å². The van der Waals surface area contributed by atoms with Crippen molar-refractivity contribution in [2.45, 2.75) is 20.8 Å². The van der Waals surface area contributed by atoms with E-state index in [4.69, 9.17) is 4.74 Å². The van der Waals surface area contributed by atoms with Gasteiger partial charge in [0.1, 0.15) is 0 Å². The molecule has 0 aromatic heterocycles. The largest absolute Gasteiger partial charge is 0.466 e. The Hall–Kier alpha value is -0.530. The first-order valence-corrected chi connectivity index (χ1v) is 3.01. The van der Waals surface area contributed by atoms with Crippen molar-refractivity contribution in [1.82, 2.24) is 0 Å². The fourth-order valence-corrected chi connectivity index (χ4v) is 0.326. The quantitative estimate of drug-likeness (QED) is 0.527. The van der Waals surface area contributed by atoms with Crippen LogP contribution in [0.15, 0.2) is 0 Å². The van der Waals surface area contributed by atoms with Gasteiger partial charge in [-0.2, -0.15) is 0 Å². The summed E-state index contributed by atoms with van der Waals surface area (Å²) in [6.45, 7) is 9.28. The standard InChI is InChI=1S/C7H13O2/c1-5-9-6(8)7(2,3)4/h2,5H2,1,3-4H3. The highest BCUT2D eigenvalue weighted by molar-refractivity contribution is 5.76. The first kappa shape index (κ1) is 8.47. The van der Waals surface area contributed by atoms with Crippen molar-refractivity contribution < 1.29 is 9.53 Å². The molecule has 0 aromatic rings. The summed E-state index contributed by atoms with van der Waals surface area (Å²) in [7, 11) is 0. The Morgan fingerprint density at radius 2 is 2.11 bits per heavy atom. The molecule has 0 aliphatic rings. The van der Waals surface area contributed by atoms with Gasteiger partial charge in [-0.3, -0.25) is 4.79 Å². The fourth-order valence-electron chi connectivity index (χ4n) is 0.326. The number of carbonyl (C=O) groups is 1. The van der Waals surface area contributed by atoms with Crippen molar-refractivity contribution in [3.8, 4) is 0 Å². The van der Waals surface area contributed by atoms with Crippen LogP contribution >= 0.6 is 0 Å². The Morgan fingerprint density at radius 1 is 1.67 bits per heavy atom. The summed E-state index contributed by atoms with van der Waals surface area (Å²) in [4.78, 5) is 10.8. The highest BCUT2D eigenvalue weighted by Gasteiger charge is 2.22. The third kappa shape index (κ3) is 3.12. The van der Waals surface area contributed by atoms with Gasteiger partial charge < -0.3 is 4.74 Å². The molecular weight excluding hydrogens is 116 g/mol. The molecule has 0 saturated carbocycles. The lowest BCUT2D eigenvalue weighted by atomic mass is 9.97. The molecule has 0 fully saturated rings. The topological polar surface area (TPSA) is 26.3 Å². The maximum atomic E-state index is 10.8. The molecule has 9 heavy (non-hydrogen) atoms. The number of ether oxygens (including phenoxy) is 1. The predicted molar refractivity (Wildman–Crippen MR) is 35.8 cm³/mol. The van der Waals surface area contributed by atoms with Crippen LogP contribution in [0.5, 0.6) is 0 Å². The van der Waals surface area contributed by atoms with Crippen molar-refractivity contribution in [2.75, 3.05) is 6.61 Å². The third-order valence-electron chi connectivity index (χ3n) is 0.828. The molecule has 2 nitrogen and oxygen atoms in total. The van der Waals surface area contributed by atoms with Gasteiger partial charge in [-0.15, -0.1) is 0 Å². The van der Waals surface area contributed by atoms with Crippen LogP contribution in [-0.2, 0) is 9.53 Å². The number of rotatable bonds is 2. The molecule has 0 saturated heterocycles. The van der Waals surface area contributed by atoms with E-state index in [2.05, 4.69) is 6.92 Å². The second kappa shape index (κ2) is 2.85. The molecule has 0 aliphatic carbocycles. The van der Waals surface area contributed by atoms with Gasteiger partial charge in [0.25, 0.3) is 0 Å². The molecule has 53 valence electrons. The monoisotopic (exact) mass is 129 g/mol. The van der Waals surface area contributed by atoms with E-state index in [1.54, 1.807) is 20.8 Å². The smallest absolute Gasteiger partial charge is 0.311 e. The molecule has 0 bridgehead atoms. The van der Waals surface area contributed by atoms with E-state index in [1.165, 1.54) is 0 Å². The molecule has 0 atom stereocenters. The lowest BCUT2D eigenvalue weighted by molar-refractivity contribution is -0.150. The molecule has 0 amide bonds. The summed E-state index contributed by atoms with van der Waals surface area (Å²) >= 11 is 0. The lowest BCUT2D eigenvalue weighted by Crippen LogP contribution is -2.22. The molecule has 0 N–H and O–H groups in total. The van der Waals surface area contributed by atoms with Crippen molar-refractivity contribution in [2.24, 2.45) is 5.41 Å². The Bertz CT molecular complexity index is 100.0. The number of hydrogen-bond donors (Lipinski definition) is 0. The molecule has 0 aromatic carbocycles. The van der Waals surface area contributed by atoms with Crippen molar-refractivity contribution in [3.63, 3.8) is 0 Å². The maximum Gasteiger partial charge on any atom is 0.311 e. The zero-order valence-electron chi connectivity index (χ0n) is 6.23. The van der Waals surface area contributed by atoms with Gasteiger partial charge >= 0.3 is 5.97 Å². The van der Waals surface area contributed by atoms with Crippen molar-refractivity contribution in [3.05, 3.63) is 6.92 Å². The van der Waals surface area contributed by atoms with Gasteiger partial charge in [0.05, 0.1) is 12.0 Å². The van der Waals surface area contributed by atoms with E-state index < -0.39 is 5.41 Å². The summed E-state index contributed by atoms with van der Waals surface area (Å²) < 4.78 is 4.70. The third-order valence-corrected chi connectivity index (χ3v) is 0.828. The number of carbonyl (C=O) groups excluding carboxylic acids is 1. The average molecular weight is 129 g/mol. The zero-order valence-corrected chi connectivity index (χ0v) is 6.23. The van der Waals surface area contributed by atoms with E-state index in [0.717, 1.165) is 0 Å². The van der Waals surface area contributed by atoms with Crippen molar-refractivity contribution >= 4 is 5.97 Å². The summed E-state index contributed by atoms with van der Waals surface area (Å²) in [5, 5.41) is 0. The van der Waals surface area contributed by atoms with E-state index in [-0.39, 0.29) is 5.97 Å². The highest BCUT2D eigenvalue weighted by Crippen LogP contribution is 2.13. The summed E-state index contributed by atoms with van der Waals surface area (Å²) in [5.74, 6) is -0.245. The van der Waals surface area contributed by atoms with Crippen LogP contribution < -0.4 is 0 Å². The molecular formula is C7H13O2. The van der Waals surface area contributed by atoms with Crippen LogP contribution in [0.4, 0.5) is 0 Å². The second-order valence-electron chi connectivity index (χ2n) is 2.60. The highest BCUT2D eigenvalue weighted by atomic mass is 16.5. The van der Waals surface area contributed by atoms with Crippen LogP contribution in [0.25, 0.3) is 0 Å². The zero-order chi connectivity index (χ0) is 7.49.